The van der Waals surface area contributed by atoms with Crippen molar-refractivity contribution in [2.45, 2.75) is 18.2 Å². The smallest absolute Gasteiger partial charge is 0.258 e. The molecule has 8 heteroatoms. The molecule has 0 saturated heterocycles. The Kier molecular flexibility index (Phi) is 4.94. The van der Waals surface area contributed by atoms with Crippen LogP contribution in [-0.2, 0) is 20.9 Å². The Morgan fingerprint density at radius 1 is 1.15 bits per heavy atom. The van der Waals surface area contributed by atoms with Crippen LogP contribution in [0.4, 0.5) is 4.39 Å². The molecule has 1 aromatic heterocycles. The minimum atomic E-state index is -2.92. The number of nitrogens with zero attached hydrogens (tertiary/aromatic N) is 3. The fourth-order valence-electron chi connectivity index (χ4n) is 2.33. The molecule has 6 nitrogen and oxygen atoms in total. The van der Waals surface area contributed by atoms with Crippen LogP contribution in [0.1, 0.15) is 11.5 Å². The molecule has 1 amide bonds. The van der Waals surface area contributed by atoms with E-state index in [-0.39, 0.29) is 6.42 Å². The molecule has 1 heterocycles. The van der Waals surface area contributed by atoms with Crippen molar-refractivity contribution in [1.82, 2.24) is 10.1 Å². The summed E-state index contributed by atoms with van der Waals surface area (Å²) in [6, 6.07) is 12.2. The van der Waals surface area contributed by atoms with Crippen molar-refractivity contribution in [1.29, 1.82) is 0 Å². The maximum absolute atomic E-state index is 13.0. The molecule has 0 N–H and O–H groups in total. The van der Waals surface area contributed by atoms with Crippen LogP contribution in [-0.4, -0.2) is 26.5 Å². The molecule has 0 spiro atoms. The van der Waals surface area contributed by atoms with E-state index in [1.54, 1.807) is 31.2 Å². The first kappa shape index (κ1) is 17.9. The van der Waals surface area contributed by atoms with Crippen LogP contribution >= 0.6 is 0 Å². The molecular formula is C18H16FN3O3S. The summed E-state index contributed by atoms with van der Waals surface area (Å²) in [5.74, 6) is -0.00773. The average Bonchev–Trinajstić information content (AvgIpc) is 3.02. The Balaban J connectivity index is 1.75. The van der Waals surface area contributed by atoms with Crippen LogP contribution in [0.15, 0.2) is 62.3 Å². The number of rotatable bonds is 4. The molecule has 3 aromatic rings. The normalized spacial score (nSPS) is 13.2. The van der Waals surface area contributed by atoms with Crippen LogP contribution in [0.5, 0.6) is 0 Å². The fraction of sp³-hybridized carbons (Fsp3) is 0.167. The number of carbonyl (C=O) groups is 1. The summed E-state index contributed by atoms with van der Waals surface area (Å²) in [4.78, 5) is 16.6. The first-order valence-corrected chi connectivity index (χ1v) is 9.66. The van der Waals surface area contributed by atoms with Crippen molar-refractivity contribution in [3.05, 3.63) is 65.8 Å². The Morgan fingerprint density at radius 3 is 2.38 bits per heavy atom. The van der Waals surface area contributed by atoms with Gasteiger partial charge in [-0.05, 0) is 29.8 Å². The largest absolute Gasteiger partial charge is 0.339 e. The summed E-state index contributed by atoms with van der Waals surface area (Å²) in [5, 5.41) is 3.83. The second-order valence-corrected chi connectivity index (χ2v) is 8.01. The lowest BCUT2D eigenvalue weighted by Gasteiger charge is -2.04. The summed E-state index contributed by atoms with van der Waals surface area (Å²) >= 11 is 0. The Bertz CT molecular complexity index is 1050. The summed E-state index contributed by atoms with van der Waals surface area (Å²) in [5.41, 5.74) is 1.48. The molecule has 0 fully saturated rings. The lowest BCUT2D eigenvalue weighted by molar-refractivity contribution is -0.117. The third-order valence-electron chi connectivity index (χ3n) is 3.62. The number of carbonyl (C=O) groups excluding carboxylic acids is 1. The summed E-state index contributed by atoms with van der Waals surface area (Å²) in [6.07, 6.45) is 1.37. The Labute approximate surface area is 150 Å². The highest BCUT2D eigenvalue weighted by molar-refractivity contribution is 7.93. The number of hydrogen-bond donors (Lipinski definition) is 0. The van der Waals surface area contributed by atoms with Gasteiger partial charge >= 0.3 is 0 Å². The number of hydrogen-bond acceptors (Lipinski definition) is 5. The van der Waals surface area contributed by atoms with Gasteiger partial charge in [0.1, 0.15) is 5.82 Å². The molecule has 0 radical (unpaired) electrons. The molecule has 0 aliphatic heterocycles. The van der Waals surface area contributed by atoms with E-state index in [0.29, 0.717) is 16.6 Å². The van der Waals surface area contributed by atoms with Crippen LogP contribution in [0, 0.1) is 12.7 Å². The highest BCUT2D eigenvalue weighted by atomic mass is 32.2. The van der Waals surface area contributed by atoms with Crippen molar-refractivity contribution in [3.63, 3.8) is 0 Å². The first-order valence-electron chi connectivity index (χ1n) is 7.74. The van der Waals surface area contributed by atoms with Crippen molar-refractivity contribution < 1.29 is 17.9 Å². The second-order valence-electron chi connectivity index (χ2n) is 5.75. The van der Waals surface area contributed by atoms with Gasteiger partial charge < -0.3 is 4.52 Å². The molecule has 1 unspecified atom stereocenters. The van der Waals surface area contributed by atoms with Gasteiger partial charge in [0.25, 0.3) is 5.91 Å². The molecule has 0 saturated carbocycles. The molecule has 134 valence electrons. The van der Waals surface area contributed by atoms with Gasteiger partial charge in [0, 0.05) is 23.6 Å². The van der Waals surface area contributed by atoms with E-state index in [1.807, 2.05) is 0 Å². The van der Waals surface area contributed by atoms with Crippen LogP contribution in [0.2, 0.25) is 0 Å². The minimum absolute atomic E-state index is 0.0115. The number of halogens is 1. The zero-order valence-corrected chi connectivity index (χ0v) is 15.0. The zero-order chi connectivity index (χ0) is 18.7. The summed E-state index contributed by atoms with van der Waals surface area (Å²) in [7, 11) is -2.92. The quantitative estimate of drug-likeness (QED) is 0.700. The number of aryl methyl sites for hydroxylation is 1. The van der Waals surface area contributed by atoms with E-state index in [2.05, 4.69) is 14.5 Å². The van der Waals surface area contributed by atoms with Gasteiger partial charge in [-0.3, -0.25) is 4.79 Å². The number of amides is 1. The number of benzene rings is 2. The summed E-state index contributed by atoms with van der Waals surface area (Å²) in [6.45, 7) is 1.70. The van der Waals surface area contributed by atoms with Gasteiger partial charge in [-0.25, -0.2) is 8.60 Å². The SMILES string of the molecule is Cc1nc(-c2ccc(CC(=O)N=S(C)(=O)c3ccc(F)cc3)cc2)no1. The highest BCUT2D eigenvalue weighted by Gasteiger charge is 2.11. The van der Waals surface area contributed by atoms with Crippen molar-refractivity contribution in [3.8, 4) is 11.4 Å². The predicted octanol–water partition coefficient (Wildman–Crippen LogP) is 3.41. The van der Waals surface area contributed by atoms with Crippen LogP contribution < -0.4 is 0 Å². The maximum Gasteiger partial charge on any atom is 0.258 e. The van der Waals surface area contributed by atoms with Crippen LogP contribution in [0.3, 0.4) is 0 Å². The van der Waals surface area contributed by atoms with E-state index < -0.39 is 21.5 Å². The lowest BCUT2D eigenvalue weighted by atomic mass is 10.1. The van der Waals surface area contributed by atoms with Gasteiger partial charge in [-0.15, -0.1) is 0 Å². The van der Waals surface area contributed by atoms with Crippen molar-refractivity contribution in [2.75, 3.05) is 6.26 Å². The standard InChI is InChI=1S/C18H16FN3O3S/c1-12-20-18(21-25-12)14-5-3-13(4-6-14)11-17(23)22-26(2,24)16-9-7-15(19)8-10-16/h3-10H,11H2,1-2H3. The van der Waals surface area contributed by atoms with Gasteiger partial charge in [0.05, 0.1) is 16.1 Å². The topological polar surface area (TPSA) is 85.4 Å². The number of aromatic nitrogens is 2. The molecule has 0 aliphatic carbocycles. The van der Waals surface area contributed by atoms with E-state index in [4.69, 9.17) is 4.52 Å². The van der Waals surface area contributed by atoms with Crippen molar-refractivity contribution >= 4 is 15.6 Å². The van der Waals surface area contributed by atoms with E-state index in [1.165, 1.54) is 30.5 Å². The molecule has 0 aliphatic rings. The molecule has 1 atom stereocenters. The predicted molar refractivity (Wildman–Crippen MR) is 94.3 cm³/mol. The maximum atomic E-state index is 13.0. The molecule has 26 heavy (non-hydrogen) atoms. The van der Waals surface area contributed by atoms with Crippen molar-refractivity contribution in [2.24, 2.45) is 4.36 Å². The third kappa shape index (κ3) is 4.20. The minimum Gasteiger partial charge on any atom is -0.339 e. The molecular weight excluding hydrogens is 357 g/mol. The Morgan fingerprint density at radius 2 is 1.81 bits per heavy atom. The molecule has 0 bridgehead atoms. The molecule has 3 rings (SSSR count). The average molecular weight is 373 g/mol. The first-order chi connectivity index (χ1) is 12.3. The summed E-state index contributed by atoms with van der Waals surface area (Å²) < 4.78 is 34.3. The van der Waals surface area contributed by atoms with Gasteiger partial charge in [0.15, 0.2) is 0 Å². The van der Waals surface area contributed by atoms with E-state index in [0.717, 1.165) is 11.1 Å². The monoisotopic (exact) mass is 373 g/mol. The fourth-order valence-corrected chi connectivity index (χ4v) is 3.53. The third-order valence-corrected chi connectivity index (χ3v) is 5.32. The van der Waals surface area contributed by atoms with Gasteiger partial charge in [-0.1, -0.05) is 29.4 Å². The van der Waals surface area contributed by atoms with Gasteiger partial charge in [0.2, 0.25) is 11.7 Å². The second kappa shape index (κ2) is 7.17. The van der Waals surface area contributed by atoms with E-state index >= 15 is 0 Å². The Hall–Kier alpha value is -2.87. The van der Waals surface area contributed by atoms with E-state index in [9.17, 15) is 13.4 Å². The lowest BCUT2D eigenvalue weighted by Crippen LogP contribution is -2.06. The zero-order valence-electron chi connectivity index (χ0n) is 14.2. The molecule has 2 aromatic carbocycles. The highest BCUT2D eigenvalue weighted by Crippen LogP contribution is 2.17. The van der Waals surface area contributed by atoms with Gasteiger partial charge in [-0.2, -0.15) is 9.35 Å². The van der Waals surface area contributed by atoms with Crippen LogP contribution in [0.25, 0.3) is 11.4 Å².